The predicted molar refractivity (Wildman–Crippen MR) is 128 cm³/mol. The zero-order valence-corrected chi connectivity index (χ0v) is 20.2. The molecule has 1 N–H and O–H groups in total. The van der Waals surface area contributed by atoms with Crippen molar-refractivity contribution in [3.05, 3.63) is 68.5 Å². The lowest BCUT2D eigenvalue weighted by atomic mass is 10.1. The minimum atomic E-state index is -0.598. The number of amides is 1. The van der Waals surface area contributed by atoms with Crippen LogP contribution in [0.3, 0.4) is 0 Å². The number of carbonyl (C=O) groups excluding carboxylic acids is 1. The van der Waals surface area contributed by atoms with Crippen molar-refractivity contribution in [2.45, 2.75) is 45.5 Å². The summed E-state index contributed by atoms with van der Waals surface area (Å²) in [6.45, 7) is 8.53. The third-order valence-electron chi connectivity index (χ3n) is 5.04. The van der Waals surface area contributed by atoms with Crippen LogP contribution in [0, 0.1) is 24.0 Å². The summed E-state index contributed by atoms with van der Waals surface area (Å²) >= 11 is 7.04. The molecule has 2 aromatic carbocycles. The lowest BCUT2D eigenvalue weighted by Crippen LogP contribution is -2.15. The Kier molecular flexibility index (Phi) is 7.93. The molecule has 11 heteroatoms. The minimum absolute atomic E-state index is 0.00754. The molecule has 1 heterocycles. The molecule has 1 atom stereocenters. The first-order valence-electron chi connectivity index (χ1n) is 10.2. The number of aryl methyl sites for hydroxylation is 1. The van der Waals surface area contributed by atoms with Crippen molar-refractivity contribution in [2.24, 2.45) is 0 Å². The van der Waals surface area contributed by atoms with Crippen molar-refractivity contribution in [1.29, 1.82) is 0 Å². The average molecular weight is 490 g/mol. The standard InChI is InChI=1S/C22H24ClN5O4S/c1-5-27-21(15(4)32-19-8-6-7-13(2)14(19)3)25-26-22(27)33-12-20(29)24-16-9-10-17(23)18(11-16)28(30)31/h6-11,15H,5,12H2,1-4H3,(H,24,29). The van der Waals surface area contributed by atoms with Crippen molar-refractivity contribution in [1.82, 2.24) is 14.8 Å². The van der Waals surface area contributed by atoms with Crippen LogP contribution in [0.15, 0.2) is 41.6 Å². The molecule has 0 aliphatic heterocycles. The molecule has 0 saturated heterocycles. The van der Waals surface area contributed by atoms with Crippen molar-refractivity contribution < 1.29 is 14.5 Å². The lowest BCUT2D eigenvalue weighted by molar-refractivity contribution is -0.384. The highest BCUT2D eigenvalue weighted by Gasteiger charge is 2.20. The number of nitro groups is 1. The molecule has 174 valence electrons. The van der Waals surface area contributed by atoms with Gasteiger partial charge in [0.25, 0.3) is 5.69 Å². The average Bonchev–Trinajstić information content (AvgIpc) is 3.19. The molecule has 0 aliphatic carbocycles. The van der Waals surface area contributed by atoms with E-state index in [2.05, 4.69) is 15.5 Å². The molecule has 0 fully saturated rings. The predicted octanol–water partition coefficient (Wildman–Crippen LogP) is 5.35. The first kappa shape index (κ1) is 24.5. The minimum Gasteiger partial charge on any atom is -0.482 e. The lowest BCUT2D eigenvalue weighted by Gasteiger charge is -2.17. The van der Waals surface area contributed by atoms with E-state index in [0.717, 1.165) is 16.9 Å². The number of aromatic nitrogens is 3. The zero-order chi connectivity index (χ0) is 24.1. The van der Waals surface area contributed by atoms with Gasteiger partial charge >= 0.3 is 0 Å². The van der Waals surface area contributed by atoms with Crippen LogP contribution < -0.4 is 10.1 Å². The first-order chi connectivity index (χ1) is 15.7. The fourth-order valence-electron chi connectivity index (χ4n) is 3.16. The summed E-state index contributed by atoms with van der Waals surface area (Å²) in [5.41, 5.74) is 2.24. The fourth-order valence-corrected chi connectivity index (χ4v) is 4.15. The number of ether oxygens (including phenoxy) is 1. The van der Waals surface area contributed by atoms with E-state index >= 15 is 0 Å². The summed E-state index contributed by atoms with van der Waals surface area (Å²) in [6, 6.07) is 10.0. The number of anilines is 1. The van der Waals surface area contributed by atoms with Gasteiger partial charge in [-0.15, -0.1) is 10.2 Å². The summed E-state index contributed by atoms with van der Waals surface area (Å²) in [5, 5.41) is 22.8. The second kappa shape index (κ2) is 10.7. The van der Waals surface area contributed by atoms with Crippen LogP contribution >= 0.6 is 23.4 Å². The molecule has 1 aromatic heterocycles. The summed E-state index contributed by atoms with van der Waals surface area (Å²) in [4.78, 5) is 22.8. The molecular formula is C22H24ClN5O4S. The third kappa shape index (κ3) is 5.82. The Labute approximate surface area is 200 Å². The number of nitrogens with one attached hydrogen (secondary N) is 1. The zero-order valence-electron chi connectivity index (χ0n) is 18.7. The molecule has 0 bridgehead atoms. The molecule has 1 unspecified atom stereocenters. The molecule has 0 radical (unpaired) electrons. The third-order valence-corrected chi connectivity index (χ3v) is 6.33. The van der Waals surface area contributed by atoms with E-state index in [4.69, 9.17) is 16.3 Å². The summed E-state index contributed by atoms with van der Waals surface area (Å²) in [5.74, 6) is 1.18. The number of carbonyl (C=O) groups is 1. The van der Waals surface area contributed by atoms with Gasteiger partial charge in [-0.3, -0.25) is 14.9 Å². The van der Waals surface area contributed by atoms with Crippen LogP contribution in [0.2, 0.25) is 5.02 Å². The van der Waals surface area contributed by atoms with E-state index in [0.29, 0.717) is 23.2 Å². The molecule has 33 heavy (non-hydrogen) atoms. The van der Waals surface area contributed by atoms with Gasteiger partial charge in [0.2, 0.25) is 5.91 Å². The van der Waals surface area contributed by atoms with E-state index < -0.39 is 4.92 Å². The topological polar surface area (TPSA) is 112 Å². The molecule has 0 aliphatic rings. The van der Waals surface area contributed by atoms with Gasteiger partial charge in [-0.25, -0.2) is 0 Å². The van der Waals surface area contributed by atoms with Gasteiger partial charge in [0.05, 0.1) is 10.7 Å². The van der Waals surface area contributed by atoms with Crippen LogP contribution in [0.25, 0.3) is 0 Å². The molecule has 1 amide bonds. The number of nitrogens with zero attached hydrogens (tertiary/aromatic N) is 4. The number of halogens is 1. The van der Waals surface area contributed by atoms with E-state index in [-0.39, 0.29) is 28.5 Å². The quantitative estimate of drug-likeness (QED) is 0.245. The highest BCUT2D eigenvalue weighted by molar-refractivity contribution is 7.99. The highest BCUT2D eigenvalue weighted by Crippen LogP contribution is 2.29. The van der Waals surface area contributed by atoms with Gasteiger partial charge in [0, 0.05) is 18.3 Å². The van der Waals surface area contributed by atoms with Crippen molar-refractivity contribution in [2.75, 3.05) is 11.1 Å². The Hall–Kier alpha value is -3.11. The van der Waals surface area contributed by atoms with Crippen molar-refractivity contribution in [3.8, 4) is 5.75 Å². The van der Waals surface area contributed by atoms with Crippen LogP contribution in [-0.2, 0) is 11.3 Å². The second-order valence-corrected chi connectivity index (χ2v) is 8.65. The summed E-state index contributed by atoms with van der Waals surface area (Å²) < 4.78 is 8.04. The maximum absolute atomic E-state index is 12.4. The molecule has 3 aromatic rings. The smallest absolute Gasteiger partial charge is 0.289 e. The number of hydrogen-bond donors (Lipinski definition) is 1. The van der Waals surface area contributed by atoms with Gasteiger partial charge in [-0.2, -0.15) is 0 Å². The van der Waals surface area contributed by atoms with Gasteiger partial charge in [0.15, 0.2) is 17.1 Å². The van der Waals surface area contributed by atoms with E-state index in [1.54, 1.807) is 0 Å². The van der Waals surface area contributed by atoms with Crippen LogP contribution in [0.1, 0.15) is 36.9 Å². The summed E-state index contributed by atoms with van der Waals surface area (Å²) in [6.07, 6.45) is -0.337. The maximum atomic E-state index is 12.4. The number of hydrogen-bond acceptors (Lipinski definition) is 7. The molecular weight excluding hydrogens is 466 g/mol. The van der Waals surface area contributed by atoms with Crippen LogP contribution in [0.5, 0.6) is 5.75 Å². The van der Waals surface area contributed by atoms with Crippen molar-refractivity contribution in [3.63, 3.8) is 0 Å². The second-order valence-electron chi connectivity index (χ2n) is 7.30. The van der Waals surface area contributed by atoms with Crippen LogP contribution in [-0.4, -0.2) is 31.3 Å². The Morgan fingerprint density at radius 1 is 1.30 bits per heavy atom. The summed E-state index contributed by atoms with van der Waals surface area (Å²) in [7, 11) is 0. The molecule has 9 nitrogen and oxygen atoms in total. The Morgan fingerprint density at radius 2 is 2.06 bits per heavy atom. The molecule has 3 rings (SSSR count). The molecule has 0 spiro atoms. The number of nitro benzene ring substituents is 1. The normalized spacial score (nSPS) is 11.8. The fraction of sp³-hybridized carbons (Fsp3) is 0.318. The highest BCUT2D eigenvalue weighted by atomic mass is 35.5. The van der Waals surface area contributed by atoms with Crippen molar-refractivity contribution >= 4 is 40.6 Å². The Bertz CT molecular complexity index is 1180. The van der Waals surface area contributed by atoms with E-state index in [9.17, 15) is 14.9 Å². The van der Waals surface area contributed by atoms with E-state index in [1.807, 2.05) is 50.5 Å². The first-order valence-corrected chi connectivity index (χ1v) is 11.6. The maximum Gasteiger partial charge on any atom is 0.289 e. The van der Waals surface area contributed by atoms with Crippen LogP contribution in [0.4, 0.5) is 11.4 Å². The SMILES string of the molecule is CCn1c(SCC(=O)Nc2ccc(Cl)c([N+](=O)[O-])c2)nnc1C(C)Oc1cccc(C)c1C. The monoisotopic (exact) mass is 489 g/mol. The Balaban J connectivity index is 1.66. The number of thioether (sulfide) groups is 1. The van der Waals surface area contributed by atoms with Gasteiger partial charge < -0.3 is 14.6 Å². The van der Waals surface area contributed by atoms with Gasteiger partial charge in [-0.1, -0.05) is 35.5 Å². The van der Waals surface area contributed by atoms with E-state index in [1.165, 1.54) is 30.0 Å². The number of rotatable bonds is 9. The Morgan fingerprint density at radius 3 is 2.76 bits per heavy atom. The van der Waals surface area contributed by atoms with Gasteiger partial charge in [0.1, 0.15) is 10.8 Å². The van der Waals surface area contributed by atoms with Gasteiger partial charge in [-0.05, 0) is 57.0 Å². The number of benzene rings is 2. The largest absolute Gasteiger partial charge is 0.482 e. The molecule has 0 saturated carbocycles.